The largest absolute Gasteiger partial charge is 0.392 e. The van der Waals surface area contributed by atoms with Crippen LogP contribution in [0.3, 0.4) is 0 Å². The molecule has 28 heavy (non-hydrogen) atoms. The molecule has 8 heteroatoms. The number of hydrogen-bond acceptors (Lipinski definition) is 6. The number of aliphatic hydroxyl groups is 2. The van der Waals surface area contributed by atoms with Crippen molar-refractivity contribution in [1.82, 2.24) is 10.6 Å². The quantitative estimate of drug-likeness (QED) is 0.466. The third-order valence-corrected chi connectivity index (χ3v) is 6.00. The highest BCUT2D eigenvalue weighted by Crippen LogP contribution is 2.37. The van der Waals surface area contributed by atoms with Gasteiger partial charge in [-0.1, -0.05) is 21.6 Å². The summed E-state index contributed by atoms with van der Waals surface area (Å²) in [4.78, 5) is 25.9. The molecule has 0 spiro atoms. The van der Waals surface area contributed by atoms with Gasteiger partial charge in [0.2, 0.25) is 0 Å². The maximum Gasteiger partial charge on any atom is 0.251 e. The predicted octanol–water partition coefficient (Wildman–Crippen LogP) is 2.71. The number of rotatable bonds is 9. The van der Waals surface area contributed by atoms with Gasteiger partial charge in [0, 0.05) is 34.0 Å². The van der Waals surface area contributed by atoms with Gasteiger partial charge >= 0.3 is 0 Å². The van der Waals surface area contributed by atoms with Crippen molar-refractivity contribution in [2.75, 3.05) is 13.1 Å². The van der Waals surface area contributed by atoms with E-state index in [-0.39, 0.29) is 24.9 Å². The molecule has 6 nitrogen and oxygen atoms in total. The van der Waals surface area contributed by atoms with Gasteiger partial charge in [0.15, 0.2) is 0 Å². The van der Waals surface area contributed by atoms with Crippen molar-refractivity contribution in [2.45, 2.75) is 35.8 Å². The minimum Gasteiger partial charge on any atom is -0.392 e. The average molecular weight is 421 g/mol. The standard InChI is InChI=1S/C20H24N2O4S2/c1-13(23)11-21-19(25)15-3-7-17(8-4-15)27-28-18-9-5-16(6-10-18)20(26)22-12-14(2)24/h3-10,13-14,23-24H,11-12H2,1-2H3,(H,21,25)(H,22,26). The number of benzene rings is 2. The smallest absolute Gasteiger partial charge is 0.251 e. The molecular formula is C20H24N2O4S2. The number of carbonyl (C=O) groups is 2. The normalized spacial score (nSPS) is 12.9. The van der Waals surface area contributed by atoms with Crippen molar-refractivity contribution in [3.8, 4) is 0 Å². The van der Waals surface area contributed by atoms with Crippen LogP contribution in [0.4, 0.5) is 0 Å². The molecule has 0 aromatic heterocycles. The van der Waals surface area contributed by atoms with Crippen LogP contribution in [0.5, 0.6) is 0 Å². The number of amides is 2. The second kappa shape index (κ2) is 11.1. The molecule has 0 fully saturated rings. The number of carbonyl (C=O) groups excluding carboxylic acids is 2. The summed E-state index contributed by atoms with van der Waals surface area (Å²) in [6.07, 6.45) is -1.16. The van der Waals surface area contributed by atoms with Gasteiger partial charge in [0.25, 0.3) is 11.8 Å². The van der Waals surface area contributed by atoms with Crippen molar-refractivity contribution in [3.63, 3.8) is 0 Å². The summed E-state index contributed by atoms with van der Waals surface area (Å²) >= 11 is 0. The fourth-order valence-electron chi connectivity index (χ4n) is 2.10. The SMILES string of the molecule is CC(O)CNC(=O)c1ccc(SSc2ccc(C(=O)NCC(C)O)cc2)cc1. The summed E-state index contributed by atoms with van der Waals surface area (Å²) in [6.45, 7) is 3.67. The van der Waals surface area contributed by atoms with E-state index in [0.29, 0.717) is 11.1 Å². The Morgan fingerprint density at radius 2 is 1.07 bits per heavy atom. The molecule has 0 radical (unpaired) electrons. The molecule has 0 aliphatic heterocycles. The van der Waals surface area contributed by atoms with Crippen molar-refractivity contribution < 1.29 is 19.8 Å². The van der Waals surface area contributed by atoms with Crippen molar-refractivity contribution in [1.29, 1.82) is 0 Å². The van der Waals surface area contributed by atoms with Crippen LogP contribution in [-0.4, -0.2) is 47.3 Å². The summed E-state index contributed by atoms with van der Waals surface area (Å²) in [5, 5.41) is 23.7. The second-order valence-corrected chi connectivity index (χ2v) is 8.61. The first-order valence-corrected chi connectivity index (χ1v) is 11.0. The van der Waals surface area contributed by atoms with Crippen LogP contribution in [0.15, 0.2) is 58.3 Å². The Balaban J connectivity index is 1.85. The van der Waals surface area contributed by atoms with Gasteiger partial charge in [0.1, 0.15) is 0 Å². The summed E-state index contributed by atoms with van der Waals surface area (Å²) in [6, 6.07) is 14.5. The molecule has 2 atom stereocenters. The fourth-order valence-corrected chi connectivity index (χ4v) is 4.04. The molecule has 2 aromatic rings. The summed E-state index contributed by atoms with van der Waals surface area (Å²) in [7, 11) is 3.10. The highest BCUT2D eigenvalue weighted by Gasteiger charge is 2.08. The minimum atomic E-state index is -0.578. The van der Waals surface area contributed by atoms with Gasteiger partial charge in [-0.15, -0.1) is 0 Å². The zero-order chi connectivity index (χ0) is 20.5. The molecule has 0 saturated carbocycles. The molecule has 2 unspecified atom stereocenters. The Kier molecular flexibility index (Phi) is 8.85. The molecule has 2 aromatic carbocycles. The van der Waals surface area contributed by atoms with E-state index in [9.17, 15) is 19.8 Å². The molecule has 150 valence electrons. The number of aliphatic hydroxyl groups excluding tert-OH is 2. The zero-order valence-corrected chi connectivity index (χ0v) is 17.3. The minimum absolute atomic E-state index is 0.213. The second-order valence-electron chi connectivity index (χ2n) is 6.33. The lowest BCUT2D eigenvalue weighted by Gasteiger charge is -2.08. The first kappa shape index (κ1) is 22.3. The molecule has 2 amide bonds. The maximum absolute atomic E-state index is 11.9. The molecule has 4 N–H and O–H groups in total. The Morgan fingerprint density at radius 3 is 1.36 bits per heavy atom. The number of nitrogens with one attached hydrogen (secondary N) is 2. The van der Waals surface area contributed by atoms with Crippen LogP contribution in [0.1, 0.15) is 34.6 Å². The van der Waals surface area contributed by atoms with E-state index >= 15 is 0 Å². The van der Waals surface area contributed by atoms with E-state index in [0.717, 1.165) is 9.79 Å². The molecular weight excluding hydrogens is 396 g/mol. The van der Waals surface area contributed by atoms with Gasteiger partial charge in [-0.25, -0.2) is 0 Å². The Morgan fingerprint density at radius 1 is 0.750 bits per heavy atom. The third kappa shape index (κ3) is 7.55. The van der Waals surface area contributed by atoms with Gasteiger partial charge in [-0.2, -0.15) is 0 Å². The molecule has 2 rings (SSSR count). The zero-order valence-electron chi connectivity index (χ0n) is 15.7. The van der Waals surface area contributed by atoms with Crippen LogP contribution in [0.25, 0.3) is 0 Å². The molecule has 0 saturated heterocycles. The van der Waals surface area contributed by atoms with E-state index in [2.05, 4.69) is 10.6 Å². The fraction of sp³-hybridized carbons (Fsp3) is 0.300. The Labute approximate surface area is 172 Å². The van der Waals surface area contributed by atoms with Crippen LogP contribution in [0, 0.1) is 0 Å². The number of hydrogen-bond donors (Lipinski definition) is 4. The van der Waals surface area contributed by atoms with Crippen molar-refractivity contribution in [2.24, 2.45) is 0 Å². The highest BCUT2D eigenvalue weighted by molar-refractivity contribution is 8.76. The van der Waals surface area contributed by atoms with Gasteiger partial charge in [-0.3, -0.25) is 9.59 Å². The van der Waals surface area contributed by atoms with E-state index in [1.807, 2.05) is 24.3 Å². The third-order valence-electron chi connectivity index (χ3n) is 3.58. The first-order valence-electron chi connectivity index (χ1n) is 8.82. The monoisotopic (exact) mass is 420 g/mol. The van der Waals surface area contributed by atoms with Crippen molar-refractivity contribution in [3.05, 3.63) is 59.7 Å². The maximum atomic E-state index is 11.9. The van der Waals surface area contributed by atoms with Crippen LogP contribution < -0.4 is 10.6 Å². The van der Waals surface area contributed by atoms with Gasteiger partial charge in [-0.05, 0) is 62.4 Å². The topological polar surface area (TPSA) is 98.7 Å². The molecule has 0 heterocycles. The molecule has 0 bridgehead atoms. The lowest BCUT2D eigenvalue weighted by molar-refractivity contribution is 0.0918. The van der Waals surface area contributed by atoms with E-state index in [1.54, 1.807) is 59.7 Å². The average Bonchev–Trinajstić information content (AvgIpc) is 2.69. The van der Waals surface area contributed by atoms with Gasteiger partial charge < -0.3 is 20.8 Å². The van der Waals surface area contributed by atoms with E-state index in [1.165, 1.54) is 0 Å². The predicted molar refractivity (Wildman–Crippen MR) is 113 cm³/mol. The summed E-state index contributed by atoms with van der Waals surface area (Å²) in [5.41, 5.74) is 1.09. The van der Waals surface area contributed by atoms with Crippen LogP contribution in [-0.2, 0) is 0 Å². The summed E-state index contributed by atoms with van der Waals surface area (Å²) in [5.74, 6) is -0.427. The first-order chi connectivity index (χ1) is 13.3. The van der Waals surface area contributed by atoms with Crippen LogP contribution in [0.2, 0.25) is 0 Å². The lowest BCUT2D eigenvalue weighted by atomic mass is 10.2. The van der Waals surface area contributed by atoms with Crippen molar-refractivity contribution >= 4 is 33.4 Å². The Hall–Kier alpha value is -2.00. The van der Waals surface area contributed by atoms with Crippen LogP contribution >= 0.6 is 21.6 Å². The van der Waals surface area contributed by atoms with E-state index < -0.39 is 12.2 Å². The Bertz CT molecular complexity index is 710. The van der Waals surface area contributed by atoms with Gasteiger partial charge in [0.05, 0.1) is 12.2 Å². The summed E-state index contributed by atoms with van der Waals surface area (Å²) < 4.78 is 0. The highest BCUT2D eigenvalue weighted by atomic mass is 33.1. The lowest BCUT2D eigenvalue weighted by Crippen LogP contribution is -2.30. The van der Waals surface area contributed by atoms with E-state index in [4.69, 9.17) is 0 Å². The molecule has 0 aliphatic rings. The molecule has 0 aliphatic carbocycles.